The van der Waals surface area contributed by atoms with E-state index in [4.69, 9.17) is 5.11 Å². The van der Waals surface area contributed by atoms with Crippen molar-refractivity contribution in [3.8, 4) is 0 Å². The van der Waals surface area contributed by atoms with E-state index in [-0.39, 0.29) is 5.91 Å². The summed E-state index contributed by atoms with van der Waals surface area (Å²) in [4.78, 5) is 57.3. The van der Waals surface area contributed by atoms with Crippen LogP contribution in [0.1, 0.15) is 27.2 Å². The Morgan fingerprint density at radius 1 is 0.958 bits per heavy atom. The van der Waals surface area contributed by atoms with Gasteiger partial charge >= 0.3 is 5.97 Å². The van der Waals surface area contributed by atoms with Gasteiger partial charge in [-0.25, -0.2) is 0 Å². The zero-order chi connectivity index (χ0) is 18.9. The predicted octanol–water partition coefficient (Wildman–Crippen LogP) is -1.09. The largest absolute Gasteiger partial charge is 0.481 e. The molecule has 0 rings (SSSR count). The smallest absolute Gasteiger partial charge is 0.305 e. The Labute approximate surface area is 144 Å². The quantitative estimate of drug-likeness (QED) is 0.387. The first-order chi connectivity index (χ1) is 11.1. The Morgan fingerprint density at radius 2 is 1.54 bits per heavy atom. The van der Waals surface area contributed by atoms with Crippen LogP contribution in [-0.4, -0.2) is 64.7 Å². The normalized spacial score (nSPS) is 14.0. The van der Waals surface area contributed by atoms with Gasteiger partial charge in [-0.1, -0.05) is 0 Å². The maximum Gasteiger partial charge on any atom is 0.305 e. The van der Waals surface area contributed by atoms with Gasteiger partial charge in [-0.05, 0) is 20.1 Å². The molecule has 0 bridgehead atoms. The minimum Gasteiger partial charge on any atom is -0.481 e. The molecule has 3 amide bonds. The van der Waals surface area contributed by atoms with Crippen LogP contribution in [0, 0.1) is 0 Å². The summed E-state index contributed by atoms with van der Waals surface area (Å²) in [6.45, 7) is 3.84. The number of carbonyl (C=O) groups is 5. The monoisotopic (exact) mass is 361 g/mol. The summed E-state index contributed by atoms with van der Waals surface area (Å²) in [6, 6.07) is -2.95. The zero-order valence-corrected chi connectivity index (χ0v) is 14.9. The van der Waals surface area contributed by atoms with Crippen molar-refractivity contribution in [3.05, 3.63) is 0 Å². The third kappa shape index (κ3) is 8.51. The summed E-state index contributed by atoms with van der Waals surface area (Å²) in [5.74, 6) is -3.00. The van der Waals surface area contributed by atoms with Gasteiger partial charge in [0.25, 0.3) is 0 Å². The minimum atomic E-state index is -1.22. The first-order valence-corrected chi connectivity index (χ1v) is 8.56. The molecule has 0 aromatic carbocycles. The summed E-state index contributed by atoms with van der Waals surface area (Å²) in [6.07, 6.45) is 1.23. The third-order valence-corrected chi connectivity index (χ3v) is 3.63. The van der Waals surface area contributed by atoms with E-state index < -0.39 is 48.1 Å². The molecular formula is C14H23N3O6S. The van der Waals surface area contributed by atoms with Gasteiger partial charge in [0.1, 0.15) is 12.1 Å². The lowest BCUT2D eigenvalue weighted by Gasteiger charge is -2.21. The van der Waals surface area contributed by atoms with E-state index in [1.165, 1.54) is 32.5 Å². The van der Waals surface area contributed by atoms with Crippen molar-refractivity contribution in [1.82, 2.24) is 16.0 Å². The SMILES string of the molecule is CSC[C@H](NC(C)=O)C(=O)N[C@@H](C)C(=O)N[C@@H](CC(=O)O)C(C)=O. The Bertz CT molecular complexity index is 511. The number of nitrogens with one attached hydrogen (secondary N) is 3. The lowest BCUT2D eigenvalue weighted by Crippen LogP contribution is -2.55. The number of thioether (sulfide) groups is 1. The molecule has 24 heavy (non-hydrogen) atoms. The van der Waals surface area contributed by atoms with E-state index in [0.29, 0.717) is 5.75 Å². The molecule has 9 nitrogen and oxygen atoms in total. The third-order valence-electron chi connectivity index (χ3n) is 2.97. The molecule has 0 fully saturated rings. The first-order valence-electron chi connectivity index (χ1n) is 7.17. The molecule has 136 valence electrons. The van der Waals surface area contributed by atoms with Gasteiger partial charge in [-0.2, -0.15) is 11.8 Å². The molecule has 3 atom stereocenters. The second-order valence-corrected chi connectivity index (χ2v) is 6.12. The van der Waals surface area contributed by atoms with Crippen molar-refractivity contribution in [3.63, 3.8) is 0 Å². The maximum atomic E-state index is 12.1. The van der Waals surface area contributed by atoms with Crippen molar-refractivity contribution in [2.24, 2.45) is 0 Å². The van der Waals surface area contributed by atoms with Crippen LogP contribution >= 0.6 is 11.8 Å². The van der Waals surface area contributed by atoms with Crippen LogP contribution in [0.25, 0.3) is 0 Å². The van der Waals surface area contributed by atoms with E-state index >= 15 is 0 Å². The Morgan fingerprint density at radius 3 is 1.96 bits per heavy atom. The highest BCUT2D eigenvalue weighted by atomic mass is 32.2. The molecule has 0 spiro atoms. The molecule has 0 aromatic rings. The fourth-order valence-electron chi connectivity index (χ4n) is 1.74. The van der Waals surface area contributed by atoms with E-state index in [1.54, 1.807) is 6.26 Å². The molecule has 0 heterocycles. The topological polar surface area (TPSA) is 142 Å². The van der Waals surface area contributed by atoms with Crippen LogP contribution in [0.2, 0.25) is 0 Å². The van der Waals surface area contributed by atoms with Crippen molar-refractivity contribution in [2.75, 3.05) is 12.0 Å². The molecule has 0 radical (unpaired) electrons. The Balaban J connectivity index is 4.76. The fraction of sp³-hybridized carbons (Fsp3) is 0.643. The minimum absolute atomic E-state index is 0.328. The van der Waals surface area contributed by atoms with Crippen LogP contribution in [-0.2, 0) is 24.0 Å². The number of amides is 3. The molecule has 0 aromatic heterocycles. The number of rotatable bonds is 10. The molecule has 0 unspecified atom stereocenters. The van der Waals surface area contributed by atoms with Crippen LogP contribution < -0.4 is 16.0 Å². The van der Waals surface area contributed by atoms with Crippen molar-refractivity contribution in [1.29, 1.82) is 0 Å². The molecule has 10 heteroatoms. The lowest BCUT2D eigenvalue weighted by atomic mass is 10.1. The Hall–Kier alpha value is -2.10. The number of carboxylic acids is 1. The number of hydrogen-bond acceptors (Lipinski definition) is 6. The van der Waals surface area contributed by atoms with Gasteiger partial charge in [-0.15, -0.1) is 0 Å². The molecular weight excluding hydrogens is 338 g/mol. The van der Waals surface area contributed by atoms with Gasteiger partial charge < -0.3 is 21.1 Å². The van der Waals surface area contributed by atoms with E-state index in [1.807, 2.05) is 0 Å². The standard InChI is InChI=1S/C14H23N3O6S/c1-7(13(22)17-10(8(2)18)5-12(20)21)15-14(23)11(6-24-4)16-9(3)19/h7,10-11H,5-6H2,1-4H3,(H,15,23)(H,16,19)(H,17,22)(H,20,21)/t7-,10-,11-/m0/s1. The lowest BCUT2D eigenvalue weighted by molar-refractivity contribution is -0.140. The fourth-order valence-corrected chi connectivity index (χ4v) is 2.31. The van der Waals surface area contributed by atoms with Crippen molar-refractivity contribution in [2.45, 2.75) is 45.3 Å². The van der Waals surface area contributed by atoms with E-state index in [9.17, 15) is 24.0 Å². The molecule has 0 aliphatic heterocycles. The molecule has 0 saturated heterocycles. The molecule has 0 aliphatic carbocycles. The summed E-state index contributed by atoms with van der Waals surface area (Å²) < 4.78 is 0. The number of aliphatic carboxylic acids is 1. The first kappa shape index (κ1) is 21.9. The van der Waals surface area contributed by atoms with Gasteiger partial charge in [0.2, 0.25) is 17.7 Å². The van der Waals surface area contributed by atoms with Gasteiger partial charge in [-0.3, -0.25) is 24.0 Å². The van der Waals surface area contributed by atoms with Crippen molar-refractivity contribution >= 4 is 41.2 Å². The van der Waals surface area contributed by atoms with Crippen LogP contribution in [0.3, 0.4) is 0 Å². The highest BCUT2D eigenvalue weighted by Gasteiger charge is 2.26. The summed E-state index contributed by atoms with van der Waals surface area (Å²) in [5.41, 5.74) is 0. The average molecular weight is 361 g/mol. The maximum absolute atomic E-state index is 12.1. The van der Waals surface area contributed by atoms with Crippen LogP contribution in [0.15, 0.2) is 0 Å². The number of hydrogen-bond donors (Lipinski definition) is 4. The molecule has 0 aliphatic rings. The number of Topliss-reactive ketones (excluding diaryl/α,β-unsaturated/α-hetero) is 1. The van der Waals surface area contributed by atoms with Crippen LogP contribution in [0.5, 0.6) is 0 Å². The predicted molar refractivity (Wildman–Crippen MR) is 88.5 cm³/mol. The number of ketones is 1. The zero-order valence-electron chi connectivity index (χ0n) is 14.0. The van der Waals surface area contributed by atoms with Gasteiger partial charge in [0, 0.05) is 12.7 Å². The second-order valence-electron chi connectivity index (χ2n) is 5.21. The number of carbonyl (C=O) groups excluding carboxylic acids is 4. The van der Waals surface area contributed by atoms with Gasteiger partial charge in [0.15, 0.2) is 5.78 Å². The van der Waals surface area contributed by atoms with Crippen LogP contribution in [0.4, 0.5) is 0 Å². The summed E-state index contributed by atoms with van der Waals surface area (Å²) in [5, 5.41) is 15.9. The van der Waals surface area contributed by atoms with Gasteiger partial charge in [0.05, 0.1) is 12.5 Å². The summed E-state index contributed by atoms with van der Waals surface area (Å²) >= 11 is 1.35. The molecule has 0 saturated carbocycles. The highest BCUT2D eigenvalue weighted by Crippen LogP contribution is 2.00. The summed E-state index contributed by atoms with van der Waals surface area (Å²) in [7, 11) is 0. The highest BCUT2D eigenvalue weighted by molar-refractivity contribution is 7.98. The molecule has 4 N–H and O–H groups in total. The number of carboxylic acid groups (broad SMARTS) is 1. The second kappa shape index (κ2) is 10.6. The van der Waals surface area contributed by atoms with Crippen molar-refractivity contribution < 1.29 is 29.1 Å². The Kier molecular flexibility index (Phi) is 9.70. The van der Waals surface area contributed by atoms with E-state index in [2.05, 4.69) is 16.0 Å². The van der Waals surface area contributed by atoms with E-state index in [0.717, 1.165) is 0 Å². The average Bonchev–Trinajstić information content (AvgIpc) is 2.44.